The van der Waals surface area contributed by atoms with Crippen molar-refractivity contribution in [3.63, 3.8) is 0 Å². The second-order valence-electron chi connectivity index (χ2n) is 9.29. The number of amides is 1. The van der Waals surface area contributed by atoms with Crippen molar-refractivity contribution >= 4 is 11.6 Å². The number of pyridine rings is 1. The molecule has 4 rings (SSSR count). The maximum atomic E-state index is 13.5. The highest BCUT2D eigenvalue weighted by Gasteiger charge is 2.24. The number of aromatic nitrogens is 1. The van der Waals surface area contributed by atoms with E-state index in [0.717, 1.165) is 46.9 Å². The van der Waals surface area contributed by atoms with E-state index in [0.29, 0.717) is 17.7 Å². The number of nitrogens with one attached hydrogen (secondary N) is 1. The van der Waals surface area contributed by atoms with Crippen LogP contribution < -0.4 is 10.2 Å². The van der Waals surface area contributed by atoms with Crippen LogP contribution in [-0.2, 0) is 11.3 Å². The van der Waals surface area contributed by atoms with Crippen molar-refractivity contribution < 1.29 is 13.9 Å². The van der Waals surface area contributed by atoms with Crippen LogP contribution in [0.25, 0.3) is 11.1 Å². The van der Waals surface area contributed by atoms with Crippen molar-refractivity contribution in [3.05, 3.63) is 82.4 Å². The fourth-order valence-electron chi connectivity index (χ4n) is 4.74. The molecule has 1 aromatic heterocycles. The number of ether oxygens (including phenoxy) is 1. The fraction of sp³-hybridized carbons (Fsp3) is 0.357. The molecule has 0 bridgehead atoms. The van der Waals surface area contributed by atoms with Crippen molar-refractivity contribution in [1.29, 1.82) is 0 Å². The molecule has 6 heteroatoms. The number of hydrogen-bond acceptors (Lipinski definition) is 4. The molecule has 3 aromatic rings. The molecule has 178 valence electrons. The molecule has 1 aliphatic rings. The second kappa shape index (κ2) is 9.94. The number of aryl methyl sites for hydroxylation is 3. The average molecular weight is 462 g/mol. The van der Waals surface area contributed by atoms with Crippen LogP contribution in [0.4, 0.5) is 10.1 Å². The molecular weight excluding hydrogens is 429 g/mol. The Kier molecular flexibility index (Phi) is 6.98. The summed E-state index contributed by atoms with van der Waals surface area (Å²) in [5.74, 6) is -0.560. The predicted molar refractivity (Wildman–Crippen MR) is 134 cm³/mol. The molecule has 0 unspecified atom stereocenters. The molecule has 0 aliphatic carbocycles. The molecule has 34 heavy (non-hydrogen) atoms. The third kappa shape index (κ3) is 5.45. The van der Waals surface area contributed by atoms with Crippen molar-refractivity contribution in [2.75, 3.05) is 18.0 Å². The van der Waals surface area contributed by atoms with E-state index in [2.05, 4.69) is 59.4 Å². The Hall–Kier alpha value is -3.25. The van der Waals surface area contributed by atoms with Crippen molar-refractivity contribution in [1.82, 2.24) is 10.3 Å². The topological polar surface area (TPSA) is 54.5 Å². The Bertz CT molecular complexity index is 1180. The maximum absolute atomic E-state index is 13.5. The number of benzene rings is 2. The zero-order chi connectivity index (χ0) is 24.4. The standard InChI is InChI=1S/C28H32FN3O2/c1-17-10-25(29)7-8-26(17)28(33)30-14-24-13-22(23-11-18(2)31-19(3)12-23)6-9-27(24)32-15-20(4)34-21(5)16-32/h6-13,20-21H,14-16H2,1-5H3,(H,30,33)/t20-,21+. The molecule has 0 spiro atoms. The number of morpholine rings is 1. The number of carbonyl (C=O) groups is 1. The summed E-state index contributed by atoms with van der Waals surface area (Å²) < 4.78 is 19.4. The number of anilines is 1. The number of halogens is 1. The molecule has 1 amide bonds. The lowest BCUT2D eigenvalue weighted by molar-refractivity contribution is -0.00527. The van der Waals surface area contributed by atoms with Crippen LogP contribution >= 0.6 is 0 Å². The first-order valence-corrected chi connectivity index (χ1v) is 11.7. The molecule has 1 N–H and O–H groups in total. The highest BCUT2D eigenvalue weighted by Crippen LogP contribution is 2.30. The van der Waals surface area contributed by atoms with Gasteiger partial charge in [-0.3, -0.25) is 9.78 Å². The van der Waals surface area contributed by atoms with Crippen molar-refractivity contribution in [3.8, 4) is 11.1 Å². The van der Waals surface area contributed by atoms with E-state index in [-0.39, 0.29) is 23.9 Å². The van der Waals surface area contributed by atoms with Gasteiger partial charge in [0.15, 0.2) is 0 Å². The van der Waals surface area contributed by atoms with E-state index in [1.165, 1.54) is 18.2 Å². The van der Waals surface area contributed by atoms with Crippen LogP contribution in [0.5, 0.6) is 0 Å². The summed E-state index contributed by atoms with van der Waals surface area (Å²) in [6.45, 7) is 11.8. The van der Waals surface area contributed by atoms with Gasteiger partial charge in [0.05, 0.1) is 12.2 Å². The Morgan fingerprint density at radius 3 is 2.32 bits per heavy atom. The first-order chi connectivity index (χ1) is 16.2. The fourth-order valence-corrected chi connectivity index (χ4v) is 4.74. The second-order valence-corrected chi connectivity index (χ2v) is 9.29. The maximum Gasteiger partial charge on any atom is 0.251 e. The number of carbonyl (C=O) groups excluding carboxylic acids is 1. The first-order valence-electron chi connectivity index (χ1n) is 11.7. The van der Waals surface area contributed by atoms with E-state index >= 15 is 0 Å². The van der Waals surface area contributed by atoms with Gasteiger partial charge in [0, 0.05) is 42.3 Å². The molecule has 1 fully saturated rings. The quantitative estimate of drug-likeness (QED) is 0.556. The molecule has 0 saturated carbocycles. The van der Waals surface area contributed by atoms with Gasteiger partial charge < -0.3 is 15.0 Å². The van der Waals surface area contributed by atoms with Crippen LogP contribution in [0.3, 0.4) is 0 Å². The van der Waals surface area contributed by atoms with E-state index in [9.17, 15) is 9.18 Å². The van der Waals surface area contributed by atoms with Crippen molar-refractivity contribution in [2.24, 2.45) is 0 Å². The molecule has 0 radical (unpaired) electrons. The lowest BCUT2D eigenvalue weighted by atomic mass is 9.99. The first kappa shape index (κ1) is 23.9. The number of hydrogen-bond donors (Lipinski definition) is 1. The minimum Gasteiger partial charge on any atom is -0.372 e. The van der Waals surface area contributed by atoms with Crippen LogP contribution in [0.1, 0.15) is 46.7 Å². The predicted octanol–water partition coefficient (Wildman–Crippen LogP) is 5.36. The van der Waals surface area contributed by atoms with E-state index in [1.807, 2.05) is 13.8 Å². The Morgan fingerprint density at radius 2 is 1.68 bits per heavy atom. The summed E-state index contributed by atoms with van der Waals surface area (Å²) >= 11 is 0. The van der Waals surface area contributed by atoms with Crippen molar-refractivity contribution in [2.45, 2.75) is 53.4 Å². The average Bonchev–Trinajstić information content (AvgIpc) is 2.76. The van der Waals surface area contributed by atoms with Gasteiger partial charge in [-0.1, -0.05) is 6.07 Å². The summed E-state index contributed by atoms with van der Waals surface area (Å²) in [4.78, 5) is 19.7. The summed E-state index contributed by atoms with van der Waals surface area (Å²) in [6, 6.07) is 14.8. The van der Waals surface area contributed by atoms with Gasteiger partial charge in [-0.2, -0.15) is 0 Å². The summed E-state index contributed by atoms with van der Waals surface area (Å²) in [7, 11) is 0. The Labute approximate surface area is 201 Å². The molecule has 1 aliphatic heterocycles. The summed E-state index contributed by atoms with van der Waals surface area (Å²) in [5.41, 5.74) is 7.32. The van der Waals surface area contributed by atoms with Crippen LogP contribution in [0.15, 0.2) is 48.5 Å². The van der Waals surface area contributed by atoms with Gasteiger partial charge in [0.25, 0.3) is 5.91 Å². The normalized spacial score (nSPS) is 18.1. The molecule has 2 heterocycles. The van der Waals surface area contributed by atoms with E-state index in [1.54, 1.807) is 6.92 Å². The zero-order valence-corrected chi connectivity index (χ0v) is 20.5. The van der Waals surface area contributed by atoms with Gasteiger partial charge >= 0.3 is 0 Å². The highest BCUT2D eigenvalue weighted by atomic mass is 19.1. The molecule has 5 nitrogen and oxygen atoms in total. The minimum absolute atomic E-state index is 0.123. The SMILES string of the molecule is Cc1cc(-c2ccc(N3C[C@@H](C)O[C@@H](C)C3)c(CNC(=O)c3ccc(F)cc3C)c2)cc(C)n1. The molecule has 1 saturated heterocycles. The van der Waals surface area contributed by atoms with Gasteiger partial charge in [0.2, 0.25) is 0 Å². The molecule has 2 atom stereocenters. The monoisotopic (exact) mass is 461 g/mol. The minimum atomic E-state index is -0.345. The van der Waals surface area contributed by atoms with Gasteiger partial charge in [-0.05, 0) is 99.3 Å². The third-order valence-electron chi connectivity index (χ3n) is 6.13. The number of nitrogens with zero attached hydrogens (tertiary/aromatic N) is 2. The van der Waals surface area contributed by atoms with Gasteiger partial charge in [0.1, 0.15) is 5.82 Å². The zero-order valence-electron chi connectivity index (χ0n) is 20.5. The lowest BCUT2D eigenvalue weighted by Crippen LogP contribution is -2.46. The Balaban J connectivity index is 1.67. The smallest absolute Gasteiger partial charge is 0.251 e. The molecule has 2 aromatic carbocycles. The van der Waals surface area contributed by atoms with Crippen LogP contribution in [-0.4, -0.2) is 36.2 Å². The lowest BCUT2D eigenvalue weighted by Gasteiger charge is -2.38. The largest absolute Gasteiger partial charge is 0.372 e. The summed E-state index contributed by atoms with van der Waals surface area (Å²) in [5, 5.41) is 3.05. The van der Waals surface area contributed by atoms with Crippen LogP contribution in [0.2, 0.25) is 0 Å². The molecular formula is C28H32FN3O2. The summed E-state index contributed by atoms with van der Waals surface area (Å²) in [6.07, 6.45) is 0.247. The van der Waals surface area contributed by atoms with Crippen LogP contribution in [0, 0.1) is 26.6 Å². The van der Waals surface area contributed by atoms with E-state index < -0.39 is 0 Å². The van der Waals surface area contributed by atoms with Gasteiger partial charge in [-0.25, -0.2) is 4.39 Å². The third-order valence-corrected chi connectivity index (χ3v) is 6.13. The highest BCUT2D eigenvalue weighted by molar-refractivity contribution is 5.95. The number of rotatable bonds is 5. The Morgan fingerprint density at radius 1 is 1.00 bits per heavy atom. The van der Waals surface area contributed by atoms with E-state index in [4.69, 9.17) is 4.74 Å². The van der Waals surface area contributed by atoms with Gasteiger partial charge in [-0.15, -0.1) is 0 Å².